The molecule has 2 heterocycles. The van der Waals surface area contributed by atoms with E-state index in [1.807, 2.05) is 26.0 Å². The third-order valence-corrected chi connectivity index (χ3v) is 4.30. The van der Waals surface area contributed by atoms with E-state index in [1.54, 1.807) is 11.3 Å². The summed E-state index contributed by atoms with van der Waals surface area (Å²) < 4.78 is 8.03. The molecule has 3 nitrogen and oxygen atoms in total. The molecule has 0 aliphatic rings. The molecule has 0 bridgehead atoms. The van der Waals surface area contributed by atoms with Crippen molar-refractivity contribution in [2.75, 3.05) is 0 Å². The van der Waals surface area contributed by atoms with Crippen LogP contribution in [0.3, 0.4) is 0 Å². The molecule has 0 amide bonds. The van der Waals surface area contributed by atoms with Crippen LogP contribution in [0.2, 0.25) is 0 Å². The number of benzene rings is 1. The van der Waals surface area contributed by atoms with Crippen LogP contribution in [0.25, 0.3) is 11.0 Å². The molecular formula is C16H17ClN2OS. The molecule has 5 heteroatoms. The number of nitrogens with zero attached hydrogens (tertiary/aromatic N) is 2. The van der Waals surface area contributed by atoms with Crippen molar-refractivity contribution in [3.05, 3.63) is 46.4 Å². The number of hydrogen-bond acceptors (Lipinski definition) is 3. The Labute approximate surface area is 133 Å². The average Bonchev–Trinajstić information content (AvgIpc) is 3.07. The van der Waals surface area contributed by atoms with Gasteiger partial charge in [-0.2, -0.15) is 0 Å². The quantitative estimate of drug-likeness (QED) is 0.639. The van der Waals surface area contributed by atoms with Crippen LogP contribution in [0.4, 0.5) is 0 Å². The Morgan fingerprint density at radius 1 is 1.29 bits per heavy atom. The van der Waals surface area contributed by atoms with Gasteiger partial charge >= 0.3 is 0 Å². The first-order chi connectivity index (χ1) is 10.2. The van der Waals surface area contributed by atoms with Crippen molar-refractivity contribution < 1.29 is 4.74 Å². The maximum atomic E-state index is 6.08. The lowest BCUT2D eigenvalue weighted by molar-refractivity contribution is 0.245. The zero-order valence-electron chi connectivity index (χ0n) is 12.0. The van der Waals surface area contributed by atoms with Gasteiger partial charge in [0.05, 0.1) is 24.0 Å². The zero-order chi connectivity index (χ0) is 14.8. The summed E-state index contributed by atoms with van der Waals surface area (Å²) in [6.45, 7) is 4.83. The maximum absolute atomic E-state index is 6.08. The minimum atomic E-state index is 0.123. The topological polar surface area (TPSA) is 27.1 Å². The predicted octanol–water partition coefficient (Wildman–Crippen LogP) is 4.67. The number of imidazole rings is 1. The molecule has 0 aliphatic heterocycles. The first-order valence-electron chi connectivity index (χ1n) is 6.92. The van der Waals surface area contributed by atoms with Crippen LogP contribution in [0.5, 0.6) is 5.75 Å². The highest BCUT2D eigenvalue weighted by Crippen LogP contribution is 2.28. The van der Waals surface area contributed by atoms with Gasteiger partial charge in [-0.05, 0) is 37.4 Å². The highest BCUT2D eigenvalue weighted by atomic mass is 35.5. The third-order valence-electron chi connectivity index (χ3n) is 3.20. The van der Waals surface area contributed by atoms with E-state index >= 15 is 0 Å². The van der Waals surface area contributed by atoms with E-state index in [0.717, 1.165) is 29.2 Å². The molecule has 0 radical (unpaired) electrons. The molecule has 2 aromatic heterocycles. The van der Waals surface area contributed by atoms with Crippen LogP contribution >= 0.6 is 22.9 Å². The predicted molar refractivity (Wildman–Crippen MR) is 88.5 cm³/mol. The second-order valence-electron chi connectivity index (χ2n) is 5.12. The van der Waals surface area contributed by atoms with Gasteiger partial charge < -0.3 is 9.30 Å². The average molecular weight is 321 g/mol. The number of halogens is 1. The molecule has 0 saturated heterocycles. The molecular weight excluding hydrogens is 304 g/mol. The summed E-state index contributed by atoms with van der Waals surface area (Å²) >= 11 is 7.82. The van der Waals surface area contributed by atoms with Gasteiger partial charge in [-0.15, -0.1) is 22.9 Å². The Morgan fingerprint density at radius 3 is 2.81 bits per heavy atom. The second kappa shape index (κ2) is 6.08. The second-order valence-corrected chi connectivity index (χ2v) is 6.42. The van der Waals surface area contributed by atoms with E-state index in [0.29, 0.717) is 5.88 Å². The number of para-hydroxylation sites is 1. The summed E-state index contributed by atoms with van der Waals surface area (Å²) in [4.78, 5) is 5.96. The van der Waals surface area contributed by atoms with E-state index in [-0.39, 0.29) is 6.10 Å². The van der Waals surface area contributed by atoms with Crippen molar-refractivity contribution in [3.8, 4) is 5.75 Å². The fraction of sp³-hybridized carbons (Fsp3) is 0.312. The maximum Gasteiger partial charge on any atom is 0.147 e. The van der Waals surface area contributed by atoms with Crippen LogP contribution in [-0.4, -0.2) is 15.7 Å². The zero-order valence-corrected chi connectivity index (χ0v) is 13.6. The standard InChI is InChI=1S/C16H17ClN2OS/c1-11(2)20-14-7-3-6-13-16(14)18-15(9-17)19(13)10-12-5-4-8-21-12/h3-8,11H,9-10H2,1-2H3. The van der Waals surface area contributed by atoms with Gasteiger partial charge in [-0.1, -0.05) is 12.1 Å². The van der Waals surface area contributed by atoms with Gasteiger partial charge in [-0.25, -0.2) is 4.98 Å². The Kier molecular flexibility index (Phi) is 4.17. The molecule has 1 aromatic carbocycles. The summed E-state index contributed by atoms with van der Waals surface area (Å²) in [6.07, 6.45) is 0.123. The van der Waals surface area contributed by atoms with E-state index in [2.05, 4.69) is 33.1 Å². The Hall–Kier alpha value is -1.52. The Bertz CT molecular complexity index is 734. The number of thiophene rings is 1. The van der Waals surface area contributed by atoms with E-state index in [4.69, 9.17) is 16.3 Å². The lowest BCUT2D eigenvalue weighted by Gasteiger charge is -2.10. The first-order valence-corrected chi connectivity index (χ1v) is 8.33. The monoisotopic (exact) mass is 320 g/mol. The molecule has 0 aliphatic carbocycles. The van der Waals surface area contributed by atoms with Crippen LogP contribution in [0, 0.1) is 0 Å². The summed E-state index contributed by atoms with van der Waals surface area (Å²) in [5.74, 6) is 2.08. The number of alkyl halides is 1. The van der Waals surface area contributed by atoms with Crippen LogP contribution < -0.4 is 4.74 Å². The van der Waals surface area contributed by atoms with Crippen molar-refractivity contribution in [1.82, 2.24) is 9.55 Å². The number of fused-ring (bicyclic) bond motifs is 1. The van der Waals surface area contributed by atoms with Crippen molar-refractivity contribution in [2.24, 2.45) is 0 Å². The summed E-state index contributed by atoms with van der Waals surface area (Å²) in [7, 11) is 0. The van der Waals surface area contributed by atoms with Gasteiger partial charge in [0.25, 0.3) is 0 Å². The van der Waals surface area contributed by atoms with Crippen LogP contribution in [-0.2, 0) is 12.4 Å². The summed E-state index contributed by atoms with van der Waals surface area (Å²) in [6, 6.07) is 10.2. The fourth-order valence-corrected chi connectivity index (χ4v) is 3.25. The normalized spacial score (nSPS) is 11.4. The SMILES string of the molecule is CC(C)Oc1cccc2c1nc(CCl)n2Cc1cccs1. The van der Waals surface area contributed by atoms with Crippen molar-refractivity contribution in [2.45, 2.75) is 32.4 Å². The minimum absolute atomic E-state index is 0.123. The number of aromatic nitrogens is 2. The van der Waals surface area contributed by atoms with Crippen LogP contribution in [0.15, 0.2) is 35.7 Å². The van der Waals surface area contributed by atoms with Crippen molar-refractivity contribution in [1.29, 1.82) is 0 Å². The molecule has 0 saturated carbocycles. The largest absolute Gasteiger partial charge is 0.489 e. The number of hydrogen-bond donors (Lipinski definition) is 0. The molecule has 110 valence electrons. The smallest absolute Gasteiger partial charge is 0.147 e. The Morgan fingerprint density at radius 2 is 2.14 bits per heavy atom. The highest BCUT2D eigenvalue weighted by molar-refractivity contribution is 7.09. The molecule has 0 spiro atoms. The molecule has 3 rings (SSSR count). The highest BCUT2D eigenvalue weighted by Gasteiger charge is 2.15. The minimum Gasteiger partial charge on any atom is -0.489 e. The van der Waals surface area contributed by atoms with E-state index < -0.39 is 0 Å². The first kappa shape index (κ1) is 14.4. The van der Waals surface area contributed by atoms with E-state index in [1.165, 1.54) is 4.88 Å². The molecule has 0 unspecified atom stereocenters. The fourth-order valence-electron chi connectivity index (χ4n) is 2.36. The van der Waals surface area contributed by atoms with Gasteiger partial charge in [0, 0.05) is 4.88 Å². The van der Waals surface area contributed by atoms with Crippen molar-refractivity contribution >= 4 is 34.0 Å². The lowest BCUT2D eigenvalue weighted by atomic mass is 10.3. The molecule has 0 fully saturated rings. The molecule has 0 atom stereocenters. The van der Waals surface area contributed by atoms with Crippen LogP contribution in [0.1, 0.15) is 24.5 Å². The van der Waals surface area contributed by atoms with Gasteiger partial charge in [0.2, 0.25) is 0 Å². The third kappa shape index (κ3) is 2.92. The number of rotatable bonds is 5. The van der Waals surface area contributed by atoms with Gasteiger partial charge in [0.1, 0.15) is 17.1 Å². The summed E-state index contributed by atoms with van der Waals surface area (Å²) in [5.41, 5.74) is 1.95. The molecule has 21 heavy (non-hydrogen) atoms. The van der Waals surface area contributed by atoms with Gasteiger partial charge in [0.15, 0.2) is 0 Å². The molecule has 3 aromatic rings. The Balaban J connectivity index is 2.10. The molecule has 0 N–H and O–H groups in total. The van der Waals surface area contributed by atoms with Crippen molar-refractivity contribution in [3.63, 3.8) is 0 Å². The summed E-state index contributed by atoms with van der Waals surface area (Å²) in [5, 5.41) is 2.09. The number of ether oxygens (including phenoxy) is 1. The van der Waals surface area contributed by atoms with E-state index in [9.17, 15) is 0 Å². The van der Waals surface area contributed by atoms with Gasteiger partial charge in [-0.3, -0.25) is 0 Å². The lowest BCUT2D eigenvalue weighted by Crippen LogP contribution is -2.06.